The monoisotopic (exact) mass is 376 g/mol. The number of benzene rings is 1. The van der Waals surface area contributed by atoms with Crippen molar-refractivity contribution in [3.05, 3.63) is 33.9 Å². The van der Waals surface area contributed by atoms with Crippen LogP contribution in [0.5, 0.6) is 11.5 Å². The SMILES string of the molecule is C[C@@H]1CCCN(C(=O)COC(=O)/C=C/c2cc3c(cc2[N+](=O)[O-])OCO3)C1. The summed E-state index contributed by atoms with van der Waals surface area (Å²) in [7, 11) is 0. The van der Waals surface area contributed by atoms with E-state index in [-0.39, 0.29) is 36.3 Å². The normalized spacial score (nSPS) is 18.6. The van der Waals surface area contributed by atoms with Gasteiger partial charge in [0.2, 0.25) is 6.79 Å². The molecule has 3 rings (SSSR count). The Morgan fingerprint density at radius 1 is 1.37 bits per heavy atom. The van der Waals surface area contributed by atoms with Gasteiger partial charge >= 0.3 is 5.97 Å². The highest BCUT2D eigenvalue weighted by atomic mass is 16.7. The highest BCUT2D eigenvalue weighted by Gasteiger charge is 2.23. The van der Waals surface area contributed by atoms with Gasteiger partial charge in [-0.1, -0.05) is 6.92 Å². The molecule has 0 unspecified atom stereocenters. The standard InChI is InChI=1S/C18H20N2O7/c1-12-3-2-6-19(9-12)17(21)10-25-18(22)5-4-13-7-15-16(27-11-26-15)8-14(13)20(23)24/h4-5,7-8,12H,2-3,6,9-11H2,1H3/b5-4+/t12-/m1/s1. The minimum Gasteiger partial charge on any atom is -0.454 e. The van der Waals surface area contributed by atoms with Gasteiger partial charge in [0, 0.05) is 19.2 Å². The molecule has 9 heteroatoms. The van der Waals surface area contributed by atoms with Gasteiger partial charge in [0.05, 0.1) is 16.6 Å². The minimum atomic E-state index is -0.750. The molecule has 1 atom stereocenters. The molecule has 1 aromatic rings. The molecular weight excluding hydrogens is 356 g/mol. The predicted molar refractivity (Wildman–Crippen MR) is 94.2 cm³/mol. The fraction of sp³-hybridized carbons (Fsp3) is 0.444. The van der Waals surface area contributed by atoms with E-state index < -0.39 is 10.9 Å². The van der Waals surface area contributed by atoms with E-state index in [0.29, 0.717) is 24.8 Å². The van der Waals surface area contributed by atoms with Crippen molar-refractivity contribution in [2.45, 2.75) is 19.8 Å². The molecule has 1 aromatic carbocycles. The number of amides is 1. The van der Waals surface area contributed by atoms with Crippen LogP contribution in [0.3, 0.4) is 0 Å². The van der Waals surface area contributed by atoms with Crippen LogP contribution in [-0.4, -0.2) is 48.2 Å². The number of fused-ring (bicyclic) bond motifs is 1. The molecule has 0 radical (unpaired) electrons. The average molecular weight is 376 g/mol. The molecule has 0 bridgehead atoms. The van der Waals surface area contributed by atoms with Gasteiger partial charge in [0.15, 0.2) is 18.1 Å². The molecule has 1 saturated heterocycles. The summed E-state index contributed by atoms with van der Waals surface area (Å²) < 4.78 is 15.3. The number of rotatable bonds is 5. The van der Waals surface area contributed by atoms with E-state index in [4.69, 9.17) is 14.2 Å². The van der Waals surface area contributed by atoms with Crippen LogP contribution in [0.4, 0.5) is 5.69 Å². The molecule has 1 fully saturated rings. The van der Waals surface area contributed by atoms with Crippen molar-refractivity contribution >= 4 is 23.6 Å². The second-order valence-electron chi connectivity index (χ2n) is 6.55. The quantitative estimate of drug-likeness (QED) is 0.335. The molecule has 2 heterocycles. The summed E-state index contributed by atoms with van der Waals surface area (Å²) in [5.74, 6) is 0.0911. The lowest BCUT2D eigenvalue weighted by atomic mass is 10.0. The summed E-state index contributed by atoms with van der Waals surface area (Å²) in [5.41, 5.74) is -0.0425. The van der Waals surface area contributed by atoms with Crippen molar-refractivity contribution in [1.82, 2.24) is 4.90 Å². The lowest BCUT2D eigenvalue weighted by Gasteiger charge is -2.30. The summed E-state index contributed by atoms with van der Waals surface area (Å²) in [6.45, 7) is 3.04. The Balaban J connectivity index is 1.60. The van der Waals surface area contributed by atoms with E-state index in [1.54, 1.807) is 4.90 Å². The number of ether oxygens (including phenoxy) is 3. The van der Waals surface area contributed by atoms with E-state index in [9.17, 15) is 19.7 Å². The zero-order chi connectivity index (χ0) is 19.4. The number of nitrogens with zero attached hydrogens (tertiary/aromatic N) is 2. The molecule has 0 spiro atoms. The number of carbonyl (C=O) groups is 2. The Kier molecular flexibility index (Phi) is 5.58. The smallest absolute Gasteiger partial charge is 0.331 e. The third-order valence-corrected chi connectivity index (χ3v) is 4.47. The Labute approximate surface area is 155 Å². The maximum atomic E-state index is 12.1. The van der Waals surface area contributed by atoms with Gasteiger partial charge in [0.1, 0.15) is 0 Å². The number of hydrogen-bond donors (Lipinski definition) is 0. The Morgan fingerprint density at radius 3 is 2.81 bits per heavy atom. The van der Waals surface area contributed by atoms with E-state index in [1.807, 2.05) is 0 Å². The summed E-state index contributed by atoms with van der Waals surface area (Å²) >= 11 is 0. The molecule has 0 aliphatic carbocycles. The number of esters is 1. The minimum absolute atomic E-state index is 0.0150. The number of nitro benzene ring substituents is 1. The largest absolute Gasteiger partial charge is 0.454 e. The van der Waals surface area contributed by atoms with Crippen molar-refractivity contribution in [2.75, 3.05) is 26.5 Å². The highest BCUT2D eigenvalue weighted by Crippen LogP contribution is 2.38. The van der Waals surface area contributed by atoms with Crippen LogP contribution in [0.1, 0.15) is 25.3 Å². The maximum absolute atomic E-state index is 12.1. The van der Waals surface area contributed by atoms with E-state index in [0.717, 1.165) is 18.9 Å². The van der Waals surface area contributed by atoms with E-state index in [2.05, 4.69) is 6.92 Å². The third kappa shape index (κ3) is 4.55. The van der Waals surface area contributed by atoms with Gasteiger partial charge in [-0.2, -0.15) is 0 Å². The van der Waals surface area contributed by atoms with Crippen molar-refractivity contribution in [3.63, 3.8) is 0 Å². The van der Waals surface area contributed by atoms with E-state index in [1.165, 1.54) is 18.2 Å². The molecule has 144 valence electrons. The summed E-state index contributed by atoms with van der Waals surface area (Å²) in [4.78, 5) is 36.3. The maximum Gasteiger partial charge on any atom is 0.331 e. The van der Waals surface area contributed by atoms with Crippen LogP contribution in [-0.2, 0) is 14.3 Å². The Bertz CT molecular complexity index is 790. The molecule has 0 aromatic heterocycles. The van der Waals surface area contributed by atoms with Crippen LogP contribution < -0.4 is 9.47 Å². The zero-order valence-electron chi connectivity index (χ0n) is 14.9. The number of likely N-dealkylation sites (tertiary alicyclic amines) is 1. The first-order chi connectivity index (χ1) is 12.9. The van der Waals surface area contributed by atoms with Crippen LogP contribution in [0.2, 0.25) is 0 Å². The first-order valence-corrected chi connectivity index (χ1v) is 8.64. The first kappa shape index (κ1) is 18.7. The number of carbonyl (C=O) groups excluding carboxylic acids is 2. The van der Waals surface area contributed by atoms with Crippen molar-refractivity contribution in [3.8, 4) is 11.5 Å². The van der Waals surface area contributed by atoms with Crippen LogP contribution in [0, 0.1) is 16.0 Å². The predicted octanol–water partition coefficient (Wildman–Crippen LogP) is 2.14. The lowest BCUT2D eigenvalue weighted by molar-refractivity contribution is -0.385. The van der Waals surface area contributed by atoms with Crippen molar-refractivity contribution in [1.29, 1.82) is 0 Å². The number of hydrogen-bond acceptors (Lipinski definition) is 7. The fourth-order valence-corrected chi connectivity index (χ4v) is 3.08. The van der Waals surface area contributed by atoms with Gasteiger partial charge in [-0.25, -0.2) is 4.79 Å². The molecule has 27 heavy (non-hydrogen) atoms. The summed E-state index contributed by atoms with van der Waals surface area (Å²) in [5, 5.41) is 11.2. The van der Waals surface area contributed by atoms with Crippen molar-refractivity contribution < 1.29 is 28.7 Å². The van der Waals surface area contributed by atoms with Gasteiger partial charge in [-0.05, 0) is 30.9 Å². The number of nitro groups is 1. The third-order valence-electron chi connectivity index (χ3n) is 4.47. The molecular formula is C18H20N2O7. The molecule has 2 aliphatic heterocycles. The second kappa shape index (κ2) is 8.07. The number of piperidine rings is 1. The molecule has 1 amide bonds. The fourth-order valence-electron chi connectivity index (χ4n) is 3.08. The topological polar surface area (TPSA) is 108 Å². The van der Waals surface area contributed by atoms with Crippen LogP contribution in [0.25, 0.3) is 6.08 Å². The Morgan fingerprint density at radius 2 is 2.11 bits per heavy atom. The van der Waals surface area contributed by atoms with Crippen molar-refractivity contribution in [2.24, 2.45) is 5.92 Å². The second-order valence-corrected chi connectivity index (χ2v) is 6.55. The molecule has 0 saturated carbocycles. The highest BCUT2D eigenvalue weighted by molar-refractivity contribution is 5.90. The molecule has 9 nitrogen and oxygen atoms in total. The Hall–Kier alpha value is -3.10. The van der Waals surface area contributed by atoms with Crippen LogP contribution >= 0.6 is 0 Å². The van der Waals surface area contributed by atoms with Gasteiger partial charge in [0.25, 0.3) is 11.6 Å². The van der Waals surface area contributed by atoms with Gasteiger partial charge in [-0.15, -0.1) is 0 Å². The van der Waals surface area contributed by atoms with Gasteiger partial charge in [-0.3, -0.25) is 14.9 Å². The first-order valence-electron chi connectivity index (χ1n) is 8.64. The van der Waals surface area contributed by atoms with Gasteiger partial charge < -0.3 is 19.1 Å². The zero-order valence-corrected chi connectivity index (χ0v) is 14.9. The van der Waals surface area contributed by atoms with E-state index >= 15 is 0 Å². The van der Waals surface area contributed by atoms with Crippen LogP contribution in [0.15, 0.2) is 18.2 Å². The summed E-state index contributed by atoms with van der Waals surface area (Å²) in [6, 6.07) is 2.67. The lowest BCUT2D eigenvalue weighted by Crippen LogP contribution is -2.41. The summed E-state index contributed by atoms with van der Waals surface area (Å²) in [6.07, 6.45) is 4.33. The molecule has 0 N–H and O–H groups in total. The average Bonchev–Trinajstić information content (AvgIpc) is 3.10. The molecule has 2 aliphatic rings.